The minimum atomic E-state index is -0.238. The fourth-order valence-corrected chi connectivity index (χ4v) is 3.63. The molecule has 0 aliphatic heterocycles. The first kappa shape index (κ1) is 17.7. The van der Waals surface area contributed by atoms with Crippen molar-refractivity contribution >= 4 is 0 Å². The lowest BCUT2D eigenvalue weighted by molar-refractivity contribution is 0.113. The molecule has 2 rings (SSSR count). The number of rotatable bonds is 7. The maximum Gasteiger partial charge on any atom is 0.0517 e. The first-order valence-corrected chi connectivity index (χ1v) is 8.76. The van der Waals surface area contributed by atoms with Crippen molar-refractivity contribution in [3.63, 3.8) is 0 Å². The van der Waals surface area contributed by atoms with E-state index >= 15 is 0 Å². The third kappa shape index (κ3) is 5.21. The lowest BCUT2D eigenvalue weighted by Gasteiger charge is -2.31. The first-order chi connectivity index (χ1) is 10.9. The fourth-order valence-electron chi connectivity index (χ4n) is 3.63. The van der Waals surface area contributed by atoms with Gasteiger partial charge in [0, 0.05) is 0 Å². The Hall–Kier alpha value is -1.60. The van der Waals surface area contributed by atoms with Crippen LogP contribution in [0.4, 0.5) is 0 Å². The van der Waals surface area contributed by atoms with Gasteiger partial charge in [-0.15, -0.1) is 0 Å². The van der Waals surface area contributed by atoms with Crippen LogP contribution in [0.25, 0.3) is 11.1 Å². The second kappa shape index (κ2) is 7.79. The molecule has 1 N–H and O–H groups in total. The van der Waals surface area contributed by atoms with Gasteiger partial charge in [0.05, 0.1) is 6.10 Å². The standard InChI is InChI=1S/C22H30O/c1-5-14-22(4,15-18(3)23)16-19-8-12-21(13-9-19)20-10-6-17(2)7-11-20/h6-13,18,23H,5,14-16H2,1-4H3. The largest absolute Gasteiger partial charge is 0.393 e. The van der Waals surface area contributed by atoms with Gasteiger partial charge in [-0.3, -0.25) is 0 Å². The molecular formula is C22H30O. The smallest absolute Gasteiger partial charge is 0.0517 e. The summed E-state index contributed by atoms with van der Waals surface area (Å²) in [5.41, 5.74) is 5.36. The molecule has 2 unspecified atom stereocenters. The molecule has 0 heterocycles. The van der Waals surface area contributed by atoms with Crippen LogP contribution in [0.15, 0.2) is 48.5 Å². The summed E-state index contributed by atoms with van der Waals surface area (Å²) in [5, 5.41) is 9.81. The Morgan fingerprint density at radius 3 is 1.96 bits per heavy atom. The van der Waals surface area contributed by atoms with Crippen molar-refractivity contribution in [2.45, 2.75) is 59.5 Å². The zero-order valence-electron chi connectivity index (χ0n) is 15.0. The second-order valence-electron chi connectivity index (χ2n) is 7.35. The van der Waals surface area contributed by atoms with E-state index in [1.807, 2.05) is 6.92 Å². The predicted molar refractivity (Wildman–Crippen MR) is 99.6 cm³/mol. The van der Waals surface area contributed by atoms with Gasteiger partial charge in [0.1, 0.15) is 0 Å². The molecule has 2 atom stereocenters. The number of aliphatic hydroxyl groups excluding tert-OH is 1. The molecule has 0 aromatic heterocycles. The first-order valence-electron chi connectivity index (χ1n) is 8.76. The molecule has 23 heavy (non-hydrogen) atoms. The molecule has 2 aromatic rings. The highest BCUT2D eigenvalue weighted by Gasteiger charge is 2.25. The predicted octanol–water partition coefficient (Wildman–Crippen LogP) is 5.78. The lowest BCUT2D eigenvalue weighted by Crippen LogP contribution is -2.24. The van der Waals surface area contributed by atoms with Crippen molar-refractivity contribution < 1.29 is 5.11 Å². The van der Waals surface area contributed by atoms with Crippen LogP contribution in [0.3, 0.4) is 0 Å². The summed E-state index contributed by atoms with van der Waals surface area (Å²) >= 11 is 0. The van der Waals surface area contributed by atoms with Crippen LogP contribution in [0.2, 0.25) is 0 Å². The molecule has 0 radical (unpaired) electrons. The summed E-state index contributed by atoms with van der Waals surface area (Å²) in [7, 11) is 0. The van der Waals surface area contributed by atoms with Crippen molar-refractivity contribution in [2.24, 2.45) is 5.41 Å². The molecule has 124 valence electrons. The van der Waals surface area contributed by atoms with Crippen LogP contribution < -0.4 is 0 Å². The molecule has 0 saturated heterocycles. The van der Waals surface area contributed by atoms with Crippen molar-refractivity contribution in [1.29, 1.82) is 0 Å². The van der Waals surface area contributed by atoms with Crippen molar-refractivity contribution in [3.05, 3.63) is 59.7 Å². The van der Waals surface area contributed by atoms with E-state index < -0.39 is 0 Å². The zero-order valence-corrected chi connectivity index (χ0v) is 15.0. The van der Waals surface area contributed by atoms with Crippen LogP contribution >= 0.6 is 0 Å². The molecule has 0 aliphatic rings. The normalized spacial score (nSPS) is 15.2. The molecular weight excluding hydrogens is 280 g/mol. The van der Waals surface area contributed by atoms with E-state index in [2.05, 4.69) is 69.3 Å². The Balaban J connectivity index is 2.13. The summed E-state index contributed by atoms with van der Waals surface area (Å²) in [6.45, 7) is 8.54. The Labute approximate surface area is 141 Å². The van der Waals surface area contributed by atoms with E-state index in [1.54, 1.807) is 0 Å². The second-order valence-corrected chi connectivity index (χ2v) is 7.35. The van der Waals surface area contributed by atoms with Gasteiger partial charge < -0.3 is 5.11 Å². The summed E-state index contributed by atoms with van der Waals surface area (Å²) in [6.07, 6.45) is 3.96. The summed E-state index contributed by atoms with van der Waals surface area (Å²) in [6, 6.07) is 17.6. The Morgan fingerprint density at radius 2 is 1.48 bits per heavy atom. The molecule has 0 saturated carbocycles. The van der Waals surface area contributed by atoms with Crippen LogP contribution in [-0.4, -0.2) is 11.2 Å². The molecule has 1 heteroatoms. The minimum absolute atomic E-state index is 0.175. The molecule has 0 amide bonds. The van der Waals surface area contributed by atoms with Gasteiger partial charge in [0.25, 0.3) is 0 Å². The van der Waals surface area contributed by atoms with Gasteiger partial charge in [-0.2, -0.15) is 0 Å². The van der Waals surface area contributed by atoms with Gasteiger partial charge in [-0.05, 0) is 55.2 Å². The maximum atomic E-state index is 9.81. The average Bonchev–Trinajstić information content (AvgIpc) is 2.48. The van der Waals surface area contributed by atoms with E-state index in [0.717, 1.165) is 25.7 Å². The van der Waals surface area contributed by atoms with Crippen LogP contribution in [-0.2, 0) is 6.42 Å². The van der Waals surface area contributed by atoms with Gasteiger partial charge >= 0.3 is 0 Å². The zero-order chi connectivity index (χ0) is 16.9. The van der Waals surface area contributed by atoms with Gasteiger partial charge in [0.2, 0.25) is 0 Å². The summed E-state index contributed by atoms with van der Waals surface area (Å²) < 4.78 is 0. The quantitative estimate of drug-likeness (QED) is 0.687. The third-order valence-electron chi connectivity index (χ3n) is 4.61. The highest BCUT2D eigenvalue weighted by Crippen LogP contribution is 2.34. The van der Waals surface area contributed by atoms with E-state index in [1.165, 1.54) is 22.3 Å². The molecule has 0 bridgehead atoms. The molecule has 2 aromatic carbocycles. The van der Waals surface area contributed by atoms with E-state index in [0.29, 0.717) is 0 Å². The summed E-state index contributed by atoms with van der Waals surface area (Å²) in [5.74, 6) is 0. The Morgan fingerprint density at radius 1 is 0.957 bits per heavy atom. The van der Waals surface area contributed by atoms with Crippen molar-refractivity contribution in [3.8, 4) is 11.1 Å². The van der Waals surface area contributed by atoms with Crippen LogP contribution in [0.5, 0.6) is 0 Å². The average molecular weight is 310 g/mol. The molecule has 1 nitrogen and oxygen atoms in total. The van der Waals surface area contributed by atoms with Gasteiger partial charge in [-0.25, -0.2) is 0 Å². The minimum Gasteiger partial charge on any atom is -0.393 e. The van der Waals surface area contributed by atoms with Crippen LogP contribution in [0.1, 0.15) is 51.2 Å². The number of benzene rings is 2. The van der Waals surface area contributed by atoms with E-state index in [-0.39, 0.29) is 11.5 Å². The SMILES string of the molecule is CCCC(C)(Cc1ccc(-c2ccc(C)cc2)cc1)CC(C)O. The maximum absolute atomic E-state index is 9.81. The van der Waals surface area contributed by atoms with Gasteiger partial charge in [0.15, 0.2) is 0 Å². The van der Waals surface area contributed by atoms with Crippen LogP contribution in [0, 0.1) is 12.3 Å². The van der Waals surface area contributed by atoms with Gasteiger partial charge in [-0.1, -0.05) is 74.4 Å². The molecule has 0 fully saturated rings. The third-order valence-corrected chi connectivity index (χ3v) is 4.61. The number of aryl methyl sites for hydroxylation is 1. The number of hydrogen-bond donors (Lipinski definition) is 1. The van der Waals surface area contributed by atoms with E-state index in [9.17, 15) is 5.11 Å². The van der Waals surface area contributed by atoms with Crippen molar-refractivity contribution in [2.75, 3.05) is 0 Å². The monoisotopic (exact) mass is 310 g/mol. The highest BCUT2D eigenvalue weighted by atomic mass is 16.3. The molecule has 0 aliphatic carbocycles. The number of hydrogen-bond acceptors (Lipinski definition) is 1. The lowest BCUT2D eigenvalue weighted by atomic mass is 9.75. The summed E-state index contributed by atoms with van der Waals surface area (Å²) in [4.78, 5) is 0. The van der Waals surface area contributed by atoms with Crippen molar-refractivity contribution in [1.82, 2.24) is 0 Å². The highest BCUT2D eigenvalue weighted by molar-refractivity contribution is 5.63. The fraction of sp³-hybridized carbons (Fsp3) is 0.455. The van der Waals surface area contributed by atoms with E-state index in [4.69, 9.17) is 0 Å². The Kier molecular flexibility index (Phi) is 6.01. The Bertz CT molecular complexity index is 595. The number of aliphatic hydroxyl groups is 1. The molecule has 0 spiro atoms. The topological polar surface area (TPSA) is 20.2 Å².